The molecule has 0 aliphatic carbocycles. The van der Waals surface area contributed by atoms with Crippen molar-refractivity contribution >= 4 is 5.91 Å². The van der Waals surface area contributed by atoms with Crippen molar-refractivity contribution in [3.8, 4) is 5.75 Å². The molecule has 1 aromatic carbocycles. The number of nitrogens with one attached hydrogen (secondary N) is 1. The van der Waals surface area contributed by atoms with Gasteiger partial charge in [0.25, 0.3) is 5.91 Å². The molecule has 0 saturated carbocycles. The van der Waals surface area contributed by atoms with Gasteiger partial charge in [-0.1, -0.05) is 12.1 Å². The maximum Gasteiger partial charge on any atom is 0.255 e. The van der Waals surface area contributed by atoms with Gasteiger partial charge in [-0.15, -0.1) is 0 Å². The minimum Gasteiger partial charge on any atom is -0.507 e. The van der Waals surface area contributed by atoms with Crippen molar-refractivity contribution < 1.29 is 19.7 Å². The summed E-state index contributed by atoms with van der Waals surface area (Å²) >= 11 is 0. The fourth-order valence-corrected chi connectivity index (χ4v) is 1.40. The first-order valence-corrected chi connectivity index (χ1v) is 5.30. The van der Waals surface area contributed by atoms with Crippen LogP contribution in [-0.4, -0.2) is 42.5 Å². The van der Waals surface area contributed by atoms with Crippen molar-refractivity contribution in [2.75, 3.05) is 20.3 Å². The minimum atomic E-state index is -0.754. The number of aliphatic hydroxyl groups excluding tert-OH is 1. The van der Waals surface area contributed by atoms with Crippen molar-refractivity contribution in [3.05, 3.63) is 29.3 Å². The number of hydrogen-bond acceptors (Lipinski definition) is 4. The van der Waals surface area contributed by atoms with Crippen molar-refractivity contribution in [2.24, 2.45) is 0 Å². The van der Waals surface area contributed by atoms with Crippen LogP contribution < -0.4 is 5.32 Å². The van der Waals surface area contributed by atoms with Crippen molar-refractivity contribution in [3.63, 3.8) is 0 Å². The predicted octanol–water partition coefficient (Wildman–Crippen LogP) is 0.438. The quantitative estimate of drug-likeness (QED) is 0.696. The molecule has 0 aliphatic rings. The van der Waals surface area contributed by atoms with E-state index in [0.29, 0.717) is 5.56 Å². The zero-order valence-corrected chi connectivity index (χ0v) is 9.93. The first-order chi connectivity index (χ1) is 8.06. The number of phenols is 1. The summed E-state index contributed by atoms with van der Waals surface area (Å²) in [6.07, 6.45) is -0.754. The third-order valence-electron chi connectivity index (χ3n) is 2.34. The molecule has 1 rings (SSSR count). The van der Waals surface area contributed by atoms with E-state index in [4.69, 9.17) is 4.74 Å². The standard InChI is InChI=1S/C12H17NO4/c1-8-4-3-5-10(11(8)15)12(16)13-6-9(14)7-17-2/h3-5,9,14-15H,6-7H2,1-2H3,(H,13,16). The molecule has 3 N–H and O–H groups in total. The van der Waals surface area contributed by atoms with E-state index >= 15 is 0 Å². The number of ether oxygens (including phenoxy) is 1. The second kappa shape index (κ2) is 6.22. The highest BCUT2D eigenvalue weighted by Crippen LogP contribution is 2.20. The molecule has 5 nitrogen and oxygen atoms in total. The Bertz CT molecular complexity index is 392. The van der Waals surface area contributed by atoms with Gasteiger partial charge in [0.05, 0.1) is 18.3 Å². The minimum absolute atomic E-state index is 0.0359. The van der Waals surface area contributed by atoms with Crippen molar-refractivity contribution in [2.45, 2.75) is 13.0 Å². The molecule has 1 atom stereocenters. The number of aryl methyl sites for hydroxylation is 1. The van der Waals surface area contributed by atoms with Gasteiger partial charge in [-0.3, -0.25) is 4.79 Å². The van der Waals surface area contributed by atoms with Gasteiger partial charge >= 0.3 is 0 Å². The number of phenolic OH excluding ortho intramolecular Hbond substituents is 1. The van der Waals surface area contributed by atoms with Gasteiger partial charge < -0.3 is 20.3 Å². The van der Waals surface area contributed by atoms with Crippen LogP contribution in [0, 0.1) is 6.92 Å². The number of hydrogen-bond donors (Lipinski definition) is 3. The van der Waals surface area contributed by atoms with Crippen LogP contribution >= 0.6 is 0 Å². The number of carbonyl (C=O) groups excluding carboxylic acids is 1. The van der Waals surface area contributed by atoms with Crippen LogP contribution in [0.15, 0.2) is 18.2 Å². The number of benzene rings is 1. The number of rotatable bonds is 5. The molecule has 1 amide bonds. The van der Waals surface area contributed by atoms with Gasteiger partial charge in [0, 0.05) is 13.7 Å². The number of aromatic hydroxyl groups is 1. The van der Waals surface area contributed by atoms with Crippen LogP contribution in [0.25, 0.3) is 0 Å². The molecule has 0 saturated heterocycles. The summed E-state index contributed by atoms with van der Waals surface area (Å²) in [5, 5.41) is 21.6. The average molecular weight is 239 g/mol. The number of para-hydroxylation sites is 1. The van der Waals surface area contributed by atoms with Gasteiger partial charge in [0.2, 0.25) is 0 Å². The molecule has 0 heterocycles. The fraction of sp³-hybridized carbons (Fsp3) is 0.417. The Morgan fingerprint density at radius 2 is 2.24 bits per heavy atom. The van der Waals surface area contributed by atoms with E-state index in [1.807, 2.05) is 0 Å². The maximum atomic E-state index is 11.7. The highest BCUT2D eigenvalue weighted by atomic mass is 16.5. The van der Waals surface area contributed by atoms with E-state index in [1.54, 1.807) is 19.1 Å². The Morgan fingerprint density at radius 1 is 1.53 bits per heavy atom. The molecule has 1 aromatic rings. The summed E-state index contributed by atoms with van der Waals surface area (Å²) in [4.78, 5) is 11.7. The second-order valence-corrected chi connectivity index (χ2v) is 3.79. The summed E-state index contributed by atoms with van der Waals surface area (Å²) in [5.74, 6) is -0.451. The molecule has 0 aliphatic heterocycles. The number of aliphatic hydroxyl groups is 1. The molecule has 94 valence electrons. The summed E-state index contributed by atoms with van der Waals surface area (Å²) in [6, 6.07) is 4.93. The van der Waals surface area contributed by atoms with E-state index in [0.717, 1.165) is 0 Å². The molecule has 0 bridgehead atoms. The third kappa shape index (κ3) is 3.72. The van der Waals surface area contributed by atoms with E-state index in [1.165, 1.54) is 13.2 Å². The van der Waals surface area contributed by atoms with Gasteiger partial charge in [-0.05, 0) is 18.6 Å². The molecule has 0 fully saturated rings. The smallest absolute Gasteiger partial charge is 0.255 e. The molecule has 0 radical (unpaired) electrons. The van der Waals surface area contributed by atoms with E-state index in [9.17, 15) is 15.0 Å². The van der Waals surface area contributed by atoms with Crippen LogP contribution in [0.1, 0.15) is 15.9 Å². The first-order valence-electron chi connectivity index (χ1n) is 5.30. The largest absolute Gasteiger partial charge is 0.507 e. The molecule has 1 unspecified atom stereocenters. The van der Waals surface area contributed by atoms with E-state index < -0.39 is 12.0 Å². The molecule has 0 aromatic heterocycles. The number of amides is 1. The highest BCUT2D eigenvalue weighted by molar-refractivity contribution is 5.97. The molecular weight excluding hydrogens is 222 g/mol. The van der Waals surface area contributed by atoms with Crippen molar-refractivity contribution in [1.29, 1.82) is 0 Å². The number of methoxy groups -OCH3 is 1. The maximum absolute atomic E-state index is 11.7. The topological polar surface area (TPSA) is 78.8 Å². The zero-order valence-electron chi connectivity index (χ0n) is 9.93. The predicted molar refractivity (Wildman–Crippen MR) is 63.1 cm³/mol. The van der Waals surface area contributed by atoms with Gasteiger partial charge in [0.15, 0.2) is 0 Å². The average Bonchev–Trinajstić information content (AvgIpc) is 2.30. The Labute approximate surface area is 100 Å². The summed E-state index contributed by atoms with van der Waals surface area (Å²) in [6.45, 7) is 1.95. The lowest BCUT2D eigenvalue weighted by atomic mass is 10.1. The molecule has 17 heavy (non-hydrogen) atoms. The Kier molecular flexibility index (Phi) is 4.93. The van der Waals surface area contributed by atoms with Gasteiger partial charge in [-0.25, -0.2) is 0 Å². The summed E-state index contributed by atoms with van der Waals surface area (Å²) in [5.41, 5.74) is 0.838. The van der Waals surface area contributed by atoms with Gasteiger partial charge in [-0.2, -0.15) is 0 Å². The Hall–Kier alpha value is -1.59. The van der Waals surface area contributed by atoms with Crippen LogP contribution in [0.4, 0.5) is 0 Å². The lowest BCUT2D eigenvalue weighted by Crippen LogP contribution is -2.34. The monoisotopic (exact) mass is 239 g/mol. The summed E-state index contributed by atoms with van der Waals surface area (Å²) < 4.78 is 4.73. The normalized spacial score (nSPS) is 12.2. The summed E-state index contributed by atoms with van der Waals surface area (Å²) in [7, 11) is 1.47. The van der Waals surface area contributed by atoms with Crippen LogP contribution in [0.5, 0.6) is 5.75 Å². The SMILES string of the molecule is COCC(O)CNC(=O)c1cccc(C)c1O. The van der Waals surface area contributed by atoms with Gasteiger partial charge in [0.1, 0.15) is 5.75 Å². The van der Waals surface area contributed by atoms with Crippen LogP contribution in [-0.2, 0) is 4.74 Å². The van der Waals surface area contributed by atoms with E-state index in [-0.39, 0.29) is 24.5 Å². The third-order valence-corrected chi connectivity index (χ3v) is 2.34. The Morgan fingerprint density at radius 3 is 2.88 bits per heavy atom. The Balaban J connectivity index is 2.61. The lowest BCUT2D eigenvalue weighted by Gasteiger charge is -2.12. The second-order valence-electron chi connectivity index (χ2n) is 3.79. The van der Waals surface area contributed by atoms with Crippen LogP contribution in [0.3, 0.4) is 0 Å². The first kappa shape index (κ1) is 13.5. The van der Waals surface area contributed by atoms with Crippen molar-refractivity contribution in [1.82, 2.24) is 5.32 Å². The molecule has 5 heteroatoms. The molecule has 0 spiro atoms. The zero-order chi connectivity index (χ0) is 12.8. The number of carbonyl (C=O) groups is 1. The van der Waals surface area contributed by atoms with Crippen LogP contribution in [0.2, 0.25) is 0 Å². The molecular formula is C12H17NO4. The fourth-order valence-electron chi connectivity index (χ4n) is 1.40. The lowest BCUT2D eigenvalue weighted by molar-refractivity contribution is 0.0609. The van der Waals surface area contributed by atoms with E-state index in [2.05, 4.69) is 5.32 Å². The highest BCUT2D eigenvalue weighted by Gasteiger charge is 2.13.